The Bertz CT molecular complexity index is 1120. The highest BCUT2D eigenvalue weighted by Crippen LogP contribution is 2.09. The lowest BCUT2D eigenvalue weighted by Crippen LogP contribution is -2.74. The monoisotopic (exact) mass is 444 g/mol. The Morgan fingerprint density at radius 1 is 0.588 bits per heavy atom. The number of rotatable bonds is 5. The number of nitrogens with zero attached hydrogens (tertiary/aromatic N) is 1. The lowest BCUT2D eigenvalue weighted by Gasteiger charge is -2.44. The summed E-state index contributed by atoms with van der Waals surface area (Å²) in [7, 11) is 2.06. The van der Waals surface area contributed by atoms with E-state index < -0.39 is 6.15 Å². The molecule has 1 heterocycles. The third kappa shape index (κ3) is 4.74. The lowest BCUT2D eigenvalue weighted by molar-refractivity contribution is -0.677. The molecule has 1 N–H and O–H groups in total. The van der Waals surface area contributed by atoms with Crippen LogP contribution in [-0.2, 0) is 13.5 Å². The van der Waals surface area contributed by atoms with E-state index in [4.69, 9.17) is 0 Å². The van der Waals surface area contributed by atoms with Crippen molar-refractivity contribution in [3.8, 4) is 0 Å². The Morgan fingerprint density at radius 2 is 0.912 bits per heavy atom. The summed E-state index contributed by atoms with van der Waals surface area (Å²) in [6.07, 6.45) is 1.95. The first-order valence-corrected chi connectivity index (χ1v) is 12.1. The predicted octanol–water partition coefficient (Wildman–Crippen LogP) is 3.77. The van der Waals surface area contributed by atoms with Gasteiger partial charge in [-0.25, -0.2) is 9.55 Å². The maximum Gasteiger partial charge on any atom is 0.253 e. The van der Waals surface area contributed by atoms with Crippen LogP contribution in [0, 0.1) is 6.92 Å². The molecule has 34 heavy (non-hydrogen) atoms. The van der Waals surface area contributed by atoms with Crippen LogP contribution in [0.2, 0.25) is 0 Å². The lowest BCUT2D eigenvalue weighted by atomic mass is 9.13. The van der Waals surface area contributed by atoms with Crippen LogP contribution in [0.3, 0.4) is 0 Å². The summed E-state index contributed by atoms with van der Waals surface area (Å²) in [5, 5.41) is 0. The van der Waals surface area contributed by atoms with E-state index in [-0.39, 0.29) is 0 Å². The molecule has 5 rings (SSSR count). The third-order valence-corrected chi connectivity index (χ3v) is 6.69. The topological polar surface area (TPSA) is 19.7 Å². The van der Waals surface area contributed by atoms with Gasteiger partial charge in [-0.1, -0.05) is 128 Å². The summed E-state index contributed by atoms with van der Waals surface area (Å²) >= 11 is 0. The molecule has 0 aliphatic rings. The summed E-state index contributed by atoms with van der Waals surface area (Å²) in [5.41, 5.74) is 6.59. The van der Waals surface area contributed by atoms with Crippen LogP contribution in [0.4, 0.5) is 0 Å². The minimum Gasteiger partial charge on any atom is -0.245 e. The molecule has 170 valence electrons. The van der Waals surface area contributed by atoms with Crippen molar-refractivity contribution in [2.45, 2.75) is 20.3 Å². The molecule has 0 atom stereocenters. The quantitative estimate of drug-likeness (QED) is 0.315. The van der Waals surface area contributed by atoms with Gasteiger partial charge >= 0.3 is 0 Å². The number of aromatic amines is 1. The first-order valence-electron chi connectivity index (χ1n) is 12.1. The number of imidazole rings is 1. The molecule has 0 unspecified atom stereocenters. The first kappa shape index (κ1) is 23.3. The molecule has 0 saturated heterocycles. The predicted molar refractivity (Wildman–Crippen MR) is 146 cm³/mol. The van der Waals surface area contributed by atoms with Gasteiger partial charge in [-0.15, -0.1) is 0 Å². The van der Waals surface area contributed by atoms with Crippen molar-refractivity contribution in [2.24, 2.45) is 7.05 Å². The molecular weight excluding hydrogens is 411 g/mol. The van der Waals surface area contributed by atoms with Gasteiger partial charge < -0.3 is 0 Å². The summed E-state index contributed by atoms with van der Waals surface area (Å²) in [6, 6.07) is 43.5. The summed E-state index contributed by atoms with van der Waals surface area (Å²) in [5.74, 6) is 1.28. The highest BCUT2D eigenvalue weighted by Gasteiger charge is 2.30. The smallest absolute Gasteiger partial charge is 0.245 e. The van der Waals surface area contributed by atoms with Crippen molar-refractivity contribution < 1.29 is 4.57 Å². The number of benzene rings is 4. The normalized spacial score (nSPS) is 10.9. The van der Waals surface area contributed by atoms with E-state index >= 15 is 0 Å². The summed E-state index contributed by atoms with van der Waals surface area (Å²) < 4.78 is 2.12. The van der Waals surface area contributed by atoms with Gasteiger partial charge in [-0.2, -0.15) is 21.9 Å². The minimum absolute atomic E-state index is 1.07. The number of H-pyrrole nitrogens is 1. The second-order valence-corrected chi connectivity index (χ2v) is 8.86. The van der Waals surface area contributed by atoms with Crippen molar-refractivity contribution in [3.63, 3.8) is 0 Å². The van der Waals surface area contributed by atoms with E-state index in [1.54, 1.807) is 0 Å². The number of aromatic nitrogens is 2. The van der Waals surface area contributed by atoms with Crippen molar-refractivity contribution in [1.29, 1.82) is 0 Å². The van der Waals surface area contributed by atoms with Gasteiger partial charge in [0, 0.05) is 13.3 Å². The molecule has 1 aromatic heterocycles. The highest BCUT2D eigenvalue weighted by molar-refractivity contribution is 7.19. The van der Waals surface area contributed by atoms with Crippen LogP contribution in [0.5, 0.6) is 0 Å². The van der Waals surface area contributed by atoms with Crippen molar-refractivity contribution in [3.05, 3.63) is 139 Å². The van der Waals surface area contributed by atoms with Crippen LogP contribution in [-0.4, -0.2) is 11.1 Å². The Hall–Kier alpha value is -3.85. The van der Waals surface area contributed by atoms with Crippen LogP contribution in [0.15, 0.2) is 128 Å². The van der Waals surface area contributed by atoms with Gasteiger partial charge in [0.25, 0.3) is 5.82 Å². The molecule has 0 radical (unpaired) electrons. The van der Waals surface area contributed by atoms with E-state index in [1.165, 1.54) is 33.4 Å². The first-order chi connectivity index (χ1) is 16.7. The fourth-order valence-electron chi connectivity index (χ4n) is 5.18. The number of hydrogen-bond donors (Lipinski definition) is 1. The Morgan fingerprint density at radius 3 is 1.12 bits per heavy atom. The van der Waals surface area contributed by atoms with Gasteiger partial charge in [0.1, 0.15) is 18.0 Å². The van der Waals surface area contributed by atoms with E-state index in [1.807, 2.05) is 0 Å². The Balaban J connectivity index is 0.000000257. The fraction of sp³-hybridized carbons (Fsp3) is 0.129. The molecule has 0 saturated carbocycles. The van der Waals surface area contributed by atoms with E-state index in [2.05, 4.69) is 158 Å². The zero-order valence-electron chi connectivity index (χ0n) is 20.4. The third-order valence-electron chi connectivity index (χ3n) is 6.69. The zero-order chi connectivity index (χ0) is 23.8. The molecule has 2 nitrogen and oxygen atoms in total. The molecule has 0 spiro atoms. The molecule has 0 fully saturated rings. The maximum absolute atomic E-state index is 3.26. The van der Waals surface area contributed by atoms with Gasteiger partial charge in [0.05, 0.1) is 7.05 Å². The Labute approximate surface area is 203 Å². The fourth-order valence-corrected chi connectivity index (χ4v) is 5.18. The van der Waals surface area contributed by atoms with Crippen LogP contribution < -0.4 is 26.4 Å². The molecule has 5 aromatic rings. The average Bonchev–Trinajstić information content (AvgIpc) is 3.24. The SMILES string of the molecule is CCc1[nH]c(C)c[n+]1C.c1ccc([B-](c2ccccc2)(c2ccccc2)c2ccccc2)cc1. The summed E-state index contributed by atoms with van der Waals surface area (Å²) in [4.78, 5) is 3.26. The van der Waals surface area contributed by atoms with Gasteiger partial charge in [-0.05, 0) is 0 Å². The average molecular weight is 444 g/mol. The van der Waals surface area contributed by atoms with E-state index in [0.717, 1.165) is 6.42 Å². The molecular formula is C31H33BN2. The zero-order valence-corrected chi connectivity index (χ0v) is 20.4. The molecule has 3 heteroatoms. The second-order valence-electron chi connectivity index (χ2n) is 8.86. The molecule has 0 aliphatic carbocycles. The van der Waals surface area contributed by atoms with Crippen molar-refractivity contribution in [2.75, 3.05) is 0 Å². The van der Waals surface area contributed by atoms with Gasteiger partial charge in [0.2, 0.25) is 0 Å². The second kappa shape index (κ2) is 10.8. The van der Waals surface area contributed by atoms with Crippen LogP contribution >= 0.6 is 0 Å². The van der Waals surface area contributed by atoms with E-state index in [9.17, 15) is 0 Å². The van der Waals surface area contributed by atoms with Crippen molar-refractivity contribution >= 4 is 28.0 Å². The van der Waals surface area contributed by atoms with Gasteiger partial charge in [0.15, 0.2) is 0 Å². The maximum atomic E-state index is 3.26. The molecule has 0 amide bonds. The Kier molecular flexibility index (Phi) is 7.44. The number of aryl methyl sites for hydroxylation is 3. The standard InChI is InChI=1S/C24H20B.C7H12N2/c1-5-13-21(14-6-1)25(22-15-7-2-8-16-22,23-17-9-3-10-18-23)24-19-11-4-12-20-24;1-4-7-8-6(2)5-9(7)3/h1-20H;5H,4H2,1-3H3/q-1;/p+1. The van der Waals surface area contributed by atoms with Crippen molar-refractivity contribution in [1.82, 2.24) is 4.98 Å². The van der Waals surface area contributed by atoms with Crippen LogP contribution in [0.25, 0.3) is 0 Å². The summed E-state index contributed by atoms with van der Waals surface area (Å²) in [6.45, 7) is 4.21. The molecule has 0 bridgehead atoms. The van der Waals surface area contributed by atoms with E-state index in [0.29, 0.717) is 0 Å². The van der Waals surface area contributed by atoms with Gasteiger partial charge in [-0.3, -0.25) is 0 Å². The van der Waals surface area contributed by atoms with Crippen LogP contribution in [0.1, 0.15) is 18.4 Å². The largest absolute Gasteiger partial charge is 0.253 e. The number of nitrogens with one attached hydrogen (secondary N) is 1. The minimum atomic E-state index is -1.22. The molecule has 0 aliphatic heterocycles. The number of hydrogen-bond acceptors (Lipinski definition) is 0. The molecule has 4 aromatic carbocycles. The highest BCUT2D eigenvalue weighted by atomic mass is 15.0.